The number of benzene rings is 1. The molecule has 0 unspecified atom stereocenters. The van der Waals surface area contributed by atoms with Crippen LogP contribution in [-0.4, -0.2) is 12.2 Å². The Morgan fingerprint density at radius 2 is 2.28 bits per heavy atom. The lowest BCUT2D eigenvalue weighted by Gasteiger charge is -2.05. The first-order chi connectivity index (χ1) is 8.69. The highest BCUT2D eigenvalue weighted by atomic mass is 79.9. The first-order valence-electron chi connectivity index (χ1n) is 5.36. The van der Waals surface area contributed by atoms with Crippen LogP contribution < -0.4 is 10.1 Å². The van der Waals surface area contributed by atoms with E-state index < -0.39 is 5.82 Å². The number of nitrogens with zero attached hydrogens (tertiary/aromatic N) is 1. The van der Waals surface area contributed by atoms with E-state index in [-0.39, 0.29) is 12.4 Å². The molecule has 0 aliphatic heterocycles. The van der Waals surface area contributed by atoms with Crippen molar-refractivity contribution in [2.24, 2.45) is 0 Å². The summed E-state index contributed by atoms with van der Waals surface area (Å²) in [6, 6.07) is 6.29. The van der Waals surface area contributed by atoms with Crippen LogP contribution in [0.25, 0.3) is 0 Å². The van der Waals surface area contributed by atoms with Gasteiger partial charge in [0.2, 0.25) is 0 Å². The van der Waals surface area contributed by atoms with Gasteiger partial charge in [-0.2, -0.15) is 0 Å². The molecule has 0 radical (unpaired) electrons. The Kier molecular flexibility index (Phi) is 4.33. The zero-order valence-corrected chi connectivity index (χ0v) is 11.3. The fourth-order valence-corrected chi connectivity index (χ4v) is 1.77. The van der Waals surface area contributed by atoms with Gasteiger partial charge in [-0.05, 0) is 25.2 Å². The maximum absolute atomic E-state index is 13.4. The topological polar surface area (TPSA) is 47.3 Å². The molecule has 0 bridgehead atoms. The lowest BCUT2D eigenvalue weighted by Crippen LogP contribution is -2.04. The number of hydrogen-bond acceptors (Lipinski definition) is 4. The number of ether oxygens (including phenoxy) is 1. The molecule has 0 saturated heterocycles. The van der Waals surface area contributed by atoms with Crippen LogP contribution in [0.1, 0.15) is 11.5 Å². The van der Waals surface area contributed by atoms with E-state index in [0.717, 1.165) is 10.2 Å². The first kappa shape index (κ1) is 13.0. The largest absolute Gasteiger partial charge is 0.482 e. The average molecular weight is 315 g/mol. The lowest BCUT2D eigenvalue weighted by molar-refractivity contribution is 0.239. The highest BCUT2D eigenvalue weighted by Gasteiger charge is 2.07. The van der Waals surface area contributed by atoms with Crippen LogP contribution in [0.2, 0.25) is 0 Å². The Labute approximate surface area is 112 Å². The third kappa shape index (κ3) is 3.30. The molecule has 1 aromatic carbocycles. The van der Waals surface area contributed by atoms with Crippen molar-refractivity contribution in [3.8, 4) is 5.75 Å². The zero-order valence-electron chi connectivity index (χ0n) is 9.74. The number of hydrogen-bond donors (Lipinski definition) is 1. The second-order valence-corrected chi connectivity index (χ2v) is 4.59. The lowest BCUT2D eigenvalue weighted by atomic mass is 10.3. The molecule has 4 nitrogen and oxygen atoms in total. The monoisotopic (exact) mass is 314 g/mol. The number of aromatic nitrogens is 1. The summed E-state index contributed by atoms with van der Waals surface area (Å²) in [5, 5.41) is 6.80. The Morgan fingerprint density at radius 1 is 1.44 bits per heavy atom. The molecule has 0 spiro atoms. The smallest absolute Gasteiger partial charge is 0.174 e. The predicted octanol–water partition coefficient (Wildman–Crippen LogP) is 2.87. The minimum Gasteiger partial charge on any atom is -0.482 e. The third-order valence-electron chi connectivity index (χ3n) is 2.23. The van der Waals surface area contributed by atoms with Crippen molar-refractivity contribution in [1.82, 2.24) is 10.5 Å². The van der Waals surface area contributed by atoms with E-state index in [1.54, 1.807) is 18.2 Å². The molecule has 0 aliphatic carbocycles. The van der Waals surface area contributed by atoms with E-state index >= 15 is 0 Å². The van der Waals surface area contributed by atoms with Crippen molar-refractivity contribution in [3.63, 3.8) is 0 Å². The van der Waals surface area contributed by atoms with Gasteiger partial charge in [0.25, 0.3) is 0 Å². The van der Waals surface area contributed by atoms with E-state index in [4.69, 9.17) is 9.26 Å². The van der Waals surface area contributed by atoms with Crippen molar-refractivity contribution >= 4 is 15.9 Å². The quantitative estimate of drug-likeness (QED) is 0.922. The van der Waals surface area contributed by atoms with Gasteiger partial charge in [0.1, 0.15) is 6.61 Å². The standard InChI is InChI=1S/C12H12BrFN2O2/c1-15-6-9-5-10(18-16-9)7-17-12-4-8(13)2-3-11(12)14/h2-5,15H,6-7H2,1H3. The Bertz CT molecular complexity index is 531. The van der Waals surface area contributed by atoms with Crippen LogP contribution in [0.3, 0.4) is 0 Å². The molecule has 0 fully saturated rings. The fourth-order valence-electron chi connectivity index (χ4n) is 1.42. The van der Waals surface area contributed by atoms with Crippen molar-refractivity contribution in [1.29, 1.82) is 0 Å². The van der Waals surface area contributed by atoms with E-state index in [9.17, 15) is 4.39 Å². The minimum atomic E-state index is -0.409. The molecule has 0 atom stereocenters. The number of halogens is 2. The zero-order chi connectivity index (χ0) is 13.0. The predicted molar refractivity (Wildman–Crippen MR) is 67.7 cm³/mol. The maximum atomic E-state index is 13.4. The van der Waals surface area contributed by atoms with Crippen LogP contribution in [0.4, 0.5) is 4.39 Å². The molecule has 1 N–H and O–H groups in total. The number of nitrogens with one attached hydrogen (secondary N) is 1. The van der Waals surface area contributed by atoms with Crippen molar-refractivity contribution in [2.75, 3.05) is 7.05 Å². The van der Waals surface area contributed by atoms with Crippen molar-refractivity contribution < 1.29 is 13.7 Å². The number of rotatable bonds is 5. The summed E-state index contributed by atoms with van der Waals surface area (Å²) in [6.07, 6.45) is 0. The maximum Gasteiger partial charge on any atom is 0.174 e. The highest BCUT2D eigenvalue weighted by molar-refractivity contribution is 9.10. The molecule has 1 heterocycles. The first-order valence-corrected chi connectivity index (χ1v) is 6.15. The van der Waals surface area contributed by atoms with E-state index in [0.29, 0.717) is 12.3 Å². The van der Waals surface area contributed by atoms with Crippen molar-refractivity contribution in [3.05, 3.63) is 46.0 Å². The Morgan fingerprint density at radius 3 is 3.06 bits per heavy atom. The van der Waals surface area contributed by atoms with Gasteiger partial charge in [-0.25, -0.2) is 4.39 Å². The van der Waals surface area contributed by atoms with Gasteiger partial charge in [-0.1, -0.05) is 21.1 Å². The van der Waals surface area contributed by atoms with Crippen LogP contribution in [0, 0.1) is 5.82 Å². The van der Waals surface area contributed by atoms with E-state index in [1.807, 2.05) is 7.05 Å². The molecule has 0 saturated carbocycles. The molecule has 1 aromatic heterocycles. The van der Waals surface area contributed by atoms with Gasteiger partial charge in [0.05, 0.1) is 5.69 Å². The summed E-state index contributed by atoms with van der Waals surface area (Å²) in [5.41, 5.74) is 0.783. The van der Waals surface area contributed by atoms with Crippen LogP contribution >= 0.6 is 15.9 Å². The van der Waals surface area contributed by atoms with Crippen LogP contribution in [0.15, 0.2) is 33.3 Å². The Balaban J connectivity index is 1.99. The van der Waals surface area contributed by atoms with Crippen LogP contribution in [-0.2, 0) is 13.2 Å². The van der Waals surface area contributed by atoms with Gasteiger partial charge in [-0.3, -0.25) is 0 Å². The molecular weight excluding hydrogens is 303 g/mol. The summed E-state index contributed by atoms with van der Waals surface area (Å²) in [4.78, 5) is 0. The Hall–Kier alpha value is -1.40. The second-order valence-electron chi connectivity index (χ2n) is 3.68. The molecule has 0 amide bonds. The minimum absolute atomic E-state index is 0.143. The summed E-state index contributed by atoms with van der Waals surface area (Å²) < 4.78 is 24.5. The highest BCUT2D eigenvalue weighted by Crippen LogP contribution is 2.23. The van der Waals surface area contributed by atoms with E-state index in [2.05, 4.69) is 26.4 Å². The van der Waals surface area contributed by atoms with Gasteiger partial charge < -0.3 is 14.6 Å². The SMILES string of the molecule is CNCc1cc(COc2cc(Br)ccc2F)on1. The summed E-state index contributed by atoms with van der Waals surface area (Å²) in [7, 11) is 1.82. The second kappa shape index (κ2) is 5.97. The van der Waals surface area contributed by atoms with Gasteiger partial charge in [-0.15, -0.1) is 0 Å². The third-order valence-corrected chi connectivity index (χ3v) is 2.72. The molecular formula is C12H12BrFN2O2. The molecule has 18 heavy (non-hydrogen) atoms. The molecule has 6 heteroatoms. The normalized spacial score (nSPS) is 10.6. The van der Waals surface area contributed by atoms with Crippen molar-refractivity contribution in [2.45, 2.75) is 13.2 Å². The summed E-state index contributed by atoms with van der Waals surface area (Å²) >= 11 is 3.26. The van der Waals surface area contributed by atoms with Crippen LogP contribution in [0.5, 0.6) is 5.75 Å². The van der Waals surface area contributed by atoms with Gasteiger partial charge >= 0.3 is 0 Å². The molecule has 2 aromatic rings. The van der Waals surface area contributed by atoms with Gasteiger partial charge in [0.15, 0.2) is 17.3 Å². The van der Waals surface area contributed by atoms with Gasteiger partial charge in [0, 0.05) is 17.1 Å². The summed E-state index contributed by atoms with van der Waals surface area (Å²) in [6.45, 7) is 0.763. The molecule has 96 valence electrons. The average Bonchev–Trinajstić information content (AvgIpc) is 2.79. The van der Waals surface area contributed by atoms with E-state index in [1.165, 1.54) is 6.07 Å². The molecule has 0 aliphatic rings. The fraction of sp³-hybridized carbons (Fsp3) is 0.250. The summed E-state index contributed by atoms with van der Waals surface area (Å²) in [5.74, 6) is 0.323. The molecule has 2 rings (SSSR count).